The summed E-state index contributed by atoms with van der Waals surface area (Å²) in [6, 6.07) is 0.592. The van der Waals surface area contributed by atoms with Crippen LogP contribution in [0.4, 0.5) is 5.82 Å². The zero-order valence-corrected chi connectivity index (χ0v) is 12.7. The average molecular weight is 284 g/mol. The van der Waals surface area contributed by atoms with Crippen molar-refractivity contribution in [2.24, 2.45) is 0 Å². The van der Waals surface area contributed by atoms with Crippen LogP contribution in [0.3, 0.4) is 0 Å². The third kappa shape index (κ3) is 3.57. The standard InChI is InChI=1S/C14H22ClN3O/c1-4-5-12-16-13(15)10(2)14(17-12)18(8-9-19-3)11-6-7-11/h11H,4-9H2,1-3H3. The van der Waals surface area contributed by atoms with E-state index in [2.05, 4.69) is 16.8 Å². The smallest absolute Gasteiger partial charge is 0.137 e. The largest absolute Gasteiger partial charge is 0.383 e. The lowest BCUT2D eigenvalue weighted by Crippen LogP contribution is -2.31. The molecule has 106 valence electrons. The number of anilines is 1. The highest BCUT2D eigenvalue weighted by Crippen LogP contribution is 2.33. The third-order valence-corrected chi connectivity index (χ3v) is 3.74. The van der Waals surface area contributed by atoms with Crippen molar-refractivity contribution < 1.29 is 4.74 Å². The van der Waals surface area contributed by atoms with Crippen molar-refractivity contribution in [1.29, 1.82) is 0 Å². The number of hydrogen-bond donors (Lipinski definition) is 0. The molecule has 0 saturated heterocycles. The van der Waals surface area contributed by atoms with Crippen molar-refractivity contribution >= 4 is 17.4 Å². The summed E-state index contributed by atoms with van der Waals surface area (Å²) >= 11 is 6.25. The number of aromatic nitrogens is 2. The molecule has 1 saturated carbocycles. The first-order chi connectivity index (χ1) is 9.17. The molecule has 1 heterocycles. The minimum atomic E-state index is 0.580. The molecule has 1 aromatic rings. The van der Waals surface area contributed by atoms with Gasteiger partial charge in [-0.2, -0.15) is 0 Å². The van der Waals surface area contributed by atoms with E-state index in [4.69, 9.17) is 21.3 Å². The molecule has 2 rings (SSSR count). The van der Waals surface area contributed by atoms with E-state index in [0.717, 1.165) is 36.6 Å². The van der Waals surface area contributed by atoms with Gasteiger partial charge < -0.3 is 9.64 Å². The second-order valence-corrected chi connectivity index (χ2v) is 5.40. The van der Waals surface area contributed by atoms with Gasteiger partial charge in [-0.3, -0.25) is 0 Å². The van der Waals surface area contributed by atoms with Crippen LogP contribution in [0.25, 0.3) is 0 Å². The van der Waals surface area contributed by atoms with Gasteiger partial charge in [-0.15, -0.1) is 0 Å². The van der Waals surface area contributed by atoms with Gasteiger partial charge in [0.25, 0.3) is 0 Å². The van der Waals surface area contributed by atoms with Crippen LogP contribution in [0, 0.1) is 6.92 Å². The lowest BCUT2D eigenvalue weighted by atomic mass is 10.2. The Balaban J connectivity index is 2.28. The highest BCUT2D eigenvalue weighted by molar-refractivity contribution is 6.30. The number of halogens is 1. The summed E-state index contributed by atoms with van der Waals surface area (Å²) in [6.07, 6.45) is 4.36. The van der Waals surface area contributed by atoms with Crippen LogP contribution in [-0.2, 0) is 11.2 Å². The predicted octanol–water partition coefficient (Wildman–Crippen LogP) is 3.01. The molecule has 0 aliphatic heterocycles. The minimum absolute atomic E-state index is 0.580. The molecule has 1 fully saturated rings. The Morgan fingerprint density at radius 1 is 1.37 bits per heavy atom. The van der Waals surface area contributed by atoms with Gasteiger partial charge in [-0.1, -0.05) is 18.5 Å². The molecule has 0 radical (unpaired) electrons. The fraction of sp³-hybridized carbons (Fsp3) is 0.714. The molecule has 1 aliphatic carbocycles. The van der Waals surface area contributed by atoms with Crippen LogP contribution >= 0.6 is 11.6 Å². The molecule has 0 bridgehead atoms. The van der Waals surface area contributed by atoms with E-state index in [-0.39, 0.29) is 0 Å². The van der Waals surface area contributed by atoms with Crippen molar-refractivity contribution in [2.45, 2.75) is 45.6 Å². The molecule has 1 aromatic heterocycles. The van der Waals surface area contributed by atoms with E-state index in [1.54, 1.807) is 7.11 Å². The van der Waals surface area contributed by atoms with Crippen LogP contribution in [0.2, 0.25) is 5.15 Å². The molecule has 0 N–H and O–H groups in total. The Kier molecular flexibility index (Phi) is 4.99. The van der Waals surface area contributed by atoms with E-state index in [9.17, 15) is 0 Å². The fourth-order valence-corrected chi connectivity index (χ4v) is 2.35. The molecule has 0 atom stereocenters. The van der Waals surface area contributed by atoms with E-state index in [1.165, 1.54) is 12.8 Å². The Morgan fingerprint density at radius 2 is 2.11 bits per heavy atom. The highest BCUT2D eigenvalue weighted by Gasteiger charge is 2.31. The maximum atomic E-state index is 6.25. The summed E-state index contributed by atoms with van der Waals surface area (Å²) in [5, 5.41) is 0.580. The highest BCUT2D eigenvalue weighted by atomic mass is 35.5. The quantitative estimate of drug-likeness (QED) is 0.721. The molecule has 4 nitrogen and oxygen atoms in total. The first kappa shape index (κ1) is 14.5. The molecule has 0 amide bonds. The number of methoxy groups -OCH3 is 1. The average Bonchev–Trinajstić information content (AvgIpc) is 3.20. The predicted molar refractivity (Wildman–Crippen MR) is 78.0 cm³/mol. The van der Waals surface area contributed by atoms with Crippen LogP contribution in [0.5, 0.6) is 0 Å². The van der Waals surface area contributed by atoms with Gasteiger partial charge in [0.05, 0.1) is 6.61 Å². The lowest BCUT2D eigenvalue weighted by Gasteiger charge is -2.25. The summed E-state index contributed by atoms with van der Waals surface area (Å²) in [7, 11) is 1.73. The third-order valence-electron chi connectivity index (χ3n) is 3.38. The van der Waals surface area contributed by atoms with Gasteiger partial charge in [-0.05, 0) is 26.2 Å². The zero-order valence-electron chi connectivity index (χ0n) is 11.9. The van der Waals surface area contributed by atoms with E-state index in [0.29, 0.717) is 17.8 Å². The zero-order chi connectivity index (χ0) is 13.8. The number of hydrogen-bond acceptors (Lipinski definition) is 4. The molecule has 5 heteroatoms. The van der Waals surface area contributed by atoms with E-state index < -0.39 is 0 Å². The first-order valence-corrected chi connectivity index (χ1v) is 7.33. The van der Waals surface area contributed by atoms with Crippen molar-refractivity contribution in [3.8, 4) is 0 Å². The van der Waals surface area contributed by atoms with Crippen LogP contribution in [0.1, 0.15) is 37.6 Å². The summed E-state index contributed by atoms with van der Waals surface area (Å²) in [5.41, 5.74) is 0.976. The van der Waals surface area contributed by atoms with Gasteiger partial charge in [0.2, 0.25) is 0 Å². The molecule has 19 heavy (non-hydrogen) atoms. The van der Waals surface area contributed by atoms with Crippen molar-refractivity contribution in [3.05, 3.63) is 16.5 Å². The molecule has 0 aromatic carbocycles. The second-order valence-electron chi connectivity index (χ2n) is 5.05. The second kappa shape index (κ2) is 6.53. The fourth-order valence-electron chi connectivity index (χ4n) is 2.17. The first-order valence-electron chi connectivity index (χ1n) is 6.96. The maximum absolute atomic E-state index is 6.25. The Hall–Kier alpha value is -0.870. The van der Waals surface area contributed by atoms with Crippen LogP contribution in [0.15, 0.2) is 0 Å². The molecule has 0 unspecified atom stereocenters. The summed E-state index contributed by atoms with van der Waals surface area (Å²) in [5.74, 6) is 1.83. The SMILES string of the molecule is CCCc1nc(Cl)c(C)c(N(CCOC)C2CC2)n1. The van der Waals surface area contributed by atoms with Crippen LogP contribution in [-0.4, -0.2) is 36.3 Å². The summed E-state index contributed by atoms with van der Waals surface area (Å²) in [6.45, 7) is 5.69. The Labute approximate surface area is 120 Å². The molecular weight excluding hydrogens is 262 g/mol. The van der Waals surface area contributed by atoms with Gasteiger partial charge in [0, 0.05) is 31.7 Å². The topological polar surface area (TPSA) is 38.2 Å². The molecule has 1 aliphatic rings. The van der Waals surface area contributed by atoms with Gasteiger partial charge in [0.15, 0.2) is 0 Å². The molecular formula is C14H22ClN3O. The van der Waals surface area contributed by atoms with Gasteiger partial charge >= 0.3 is 0 Å². The Bertz CT molecular complexity index is 435. The maximum Gasteiger partial charge on any atom is 0.137 e. The normalized spacial score (nSPS) is 14.7. The van der Waals surface area contributed by atoms with Crippen molar-refractivity contribution in [1.82, 2.24) is 9.97 Å². The lowest BCUT2D eigenvalue weighted by molar-refractivity contribution is 0.204. The Morgan fingerprint density at radius 3 is 2.68 bits per heavy atom. The number of rotatable bonds is 7. The molecule has 0 spiro atoms. The number of aryl methyl sites for hydroxylation is 1. The van der Waals surface area contributed by atoms with E-state index in [1.807, 2.05) is 6.92 Å². The van der Waals surface area contributed by atoms with E-state index >= 15 is 0 Å². The van der Waals surface area contributed by atoms with Crippen LogP contribution < -0.4 is 4.90 Å². The summed E-state index contributed by atoms with van der Waals surface area (Å²) < 4.78 is 5.20. The number of ether oxygens (including phenoxy) is 1. The van der Waals surface area contributed by atoms with Crippen molar-refractivity contribution in [3.63, 3.8) is 0 Å². The minimum Gasteiger partial charge on any atom is -0.383 e. The van der Waals surface area contributed by atoms with Gasteiger partial charge in [-0.25, -0.2) is 9.97 Å². The summed E-state index contributed by atoms with van der Waals surface area (Å²) in [4.78, 5) is 11.4. The van der Waals surface area contributed by atoms with Crippen molar-refractivity contribution in [2.75, 3.05) is 25.2 Å². The van der Waals surface area contributed by atoms with Gasteiger partial charge in [0.1, 0.15) is 16.8 Å². The monoisotopic (exact) mass is 283 g/mol. The number of nitrogens with zero attached hydrogens (tertiary/aromatic N) is 3.